The normalized spacial score (nSPS) is 18.6. The summed E-state index contributed by atoms with van der Waals surface area (Å²) in [6.45, 7) is 2.18. The smallest absolute Gasteiger partial charge is 0.411 e. The van der Waals surface area contributed by atoms with Crippen molar-refractivity contribution in [1.29, 1.82) is 5.41 Å². The van der Waals surface area contributed by atoms with Crippen LogP contribution in [0.15, 0.2) is 96.7 Å². The van der Waals surface area contributed by atoms with Crippen LogP contribution in [0.1, 0.15) is 66.6 Å². The van der Waals surface area contributed by atoms with Crippen molar-refractivity contribution in [3.63, 3.8) is 0 Å². The molecule has 0 aromatic heterocycles. The molecule has 1 unspecified atom stereocenters. The van der Waals surface area contributed by atoms with Crippen molar-refractivity contribution in [2.24, 2.45) is 0 Å². The summed E-state index contributed by atoms with van der Waals surface area (Å²) in [5, 5.41) is 11.1. The molecule has 0 spiro atoms. The lowest BCUT2D eigenvalue weighted by Gasteiger charge is -2.36. The van der Waals surface area contributed by atoms with Crippen LogP contribution >= 0.6 is 0 Å². The minimum Gasteiger partial charge on any atom is -0.486 e. The lowest BCUT2D eigenvalue weighted by Crippen LogP contribution is -2.44. The summed E-state index contributed by atoms with van der Waals surface area (Å²) in [6, 6.07) is 27.0. The Bertz CT molecular complexity index is 1350. The number of rotatable bonds is 9. The molecular weight excluding hydrogens is 502 g/mol. The van der Waals surface area contributed by atoms with E-state index < -0.39 is 6.09 Å². The van der Waals surface area contributed by atoms with Crippen molar-refractivity contribution in [1.82, 2.24) is 10.2 Å². The summed E-state index contributed by atoms with van der Waals surface area (Å²) in [6.07, 6.45) is 4.68. The Morgan fingerprint density at radius 1 is 0.950 bits per heavy atom. The zero-order chi connectivity index (χ0) is 27.9. The van der Waals surface area contributed by atoms with Gasteiger partial charge >= 0.3 is 6.09 Å². The van der Waals surface area contributed by atoms with E-state index in [4.69, 9.17) is 14.9 Å². The van der Waals surface area contributed by atoms with Crippen LogP contribution in [0.2, 0.25) is 0 Å². The van der Waals surface area contributed by atoms with E-state index in [2.05, 4.69) is 5.32 Å². The molecule has 40 heavy (non-hydrogen) atoms. The van der Waals surface area contributed by atoms with Crippen molar-refractivity contribution in [2.75, 3.05) is 0 Å². The lowest BCUT2D eigenvalue weighted by atomic mass is 9.88. The molecule has 7 heteroatoms. The molecular formula is C33H35N3O4. The van der Waals surface area contributed by atoms with E-state index in [9.17, 15) is 9.59 Å². The van der Waals surface area contributed by atoms with E-state index in [1.54, 1.807) is 6.20 Å². The van der Waals surface area contributed by atoms with E-state index in [0.717, 1.165) is 36.0 Å². The van der Waals surface area contributed by atoms with Gasteiger partial charge in [-0.25, -0.2) is 4.79 Å². The third kappa shape index (κ3) is 6.97. The van der Waals surface area contributed by atoms with Gasteiger partial charge in [-0.3, -0.25) is 10.1 Å². The summed E-state index contributed by atoms with van der Waals surface area (Å²) in [7, 11) is 0. The van der Waals surface area contributed by atoms with Crippen molar-refractivity contribution >= 4 is 17.7 Å². The van der Waals surface area contributed by atoms with Gasteiger partial charge in [-0.05, 0) is 80.0 Å². The number of alkyl carbamates (subject to hydrolysis) is 1. The molecule has 206 valence electrons. The molecule has 3 aromatic carbocycles. The second-order valence-corrected chi connectivity index (χ2v) is 10.4. The van der Waals surface area contributed by atoms with Crippen LogP contribution in [0, 0.1) is 5.41 Å². The third-order valence-electron chi connectivity index (χ3n) is 7.40. The molecule has 3 aromatic rings. The van der Waals surface area contributed by atoms with Crippen LogP contribution < -0.4 is 10.1 Å². The van der Waals surface area contributed by atoms with Gasteiger partial charge in [0.15, 0.2) is 0 Å². The van der Waals surface area contributed by atoms with Crippen LogP contribution in [0.25, 0.3) is 0 Å². The fraction of sp³-hybridized carbons (Fsp3) is 0.303. The van der Waals surface area contributed by atoms with Gasteiger partial charge < -0.3 is 19.8 Å². The van der Waals surface area contributed by atoms with Crippen LogP contribution in [-0.2, 0) is 11.3 Å². The predicted octanol–water partition coefficient (Wildman–Crippen LogP) is 6.81. The maximum Gasteiger partial charge on any atom is 0.411 e. The Labute approximate surface area is 235 Å². The second-order valence-electron chi connectivity index (χ2n) is 10.4. The summed E-state index contributed by atoms with van der Waals surface area (Å²) in [5.74, 6) is 0.714. The monoisotopic (exact) mass is 537 g/mol. The molecule has 0 bridgehead atoms. The summed E-state index contributed by atoms with van der Waals surface area (Å²) < 4.78 is 11.4. The van der Waals surface area contributed by atoms with E-state index in [1.165, 1.54) is 0 Å². The fourth-order valence-corrected chi connectivity index (χ4v) is 5.05. The average molecular weight is 538 g/mol. The molecule has 2 atom stereocenters. The van der Waals surface area contributed by atoms with Gasteiger partial charge in [-0.15, -0.1) is 0 Å². The van der Waals surface area contributed by atoms with Gasteiger partial charge in [0.05, 0.1) is 0 Å². The number of ether oxygens (including phenoxy) is 2. The standard InChI is InChI=1S/C33H35N3O4/c1-23(25-10-6-3-7-11-25)40-30-17-12-26(13-18-30)32(37)36(28-14-15-28)29-16-19-31(34)27(20-29)21-35-33(38)39-22-24-8-4-2-5-9-24/h2-13,17-18,21,23,28-29,34H,14-16,19-20,22H2,1H3,(H,35,38)/b27-21-,34-31?/t23-,29?/m1/s1. The molecule has 2 saturated carbocycles. The highest BCUT2D eigenvalue weighted by Crippen LogP contribution is 2.36. The minimum absolute atomic E-state index is 0.00170. The third-order valence-corrected chi connectivity index (χ3v) is 7.40. The molecule has 5 rings (SSSR count). The highest BCUT2D eigenvalue weighted by Gasteiger charge is 2.39. The van der Waals surface area contributed by atoms with Gasteiger partial charge in [-0.1, -0.05) is 60.7 Å². The van der Waals surface area contributed by atoms with Crippen LogP contribution in [-0.4, -0.2) is 34.7 Å². The summed E-state index contributed by atoms with van der Waals surface area (Å²) >= 11 is 0. The first-order valence-corrected chi connectivity index (χ1v) is 13.9. The quantitative estimate of drug-likeness (QED) is 0.314. The number of hydrogen-bond donors (Lipinski definition) is 2. The molecule has 2 aliphatic carbocycles. The number of nitrogens with zero attached hydrogens (tertiary/aromatic N) is 1. The van der Waals surface area contributed by atoms with Gasteiger partial charge in [0, 0.05) is 29.6 Å². The van der Waals surface area contributed by atoms with E-state index in [0.29, 0.717) is 29.9 Å². The van der Waals surface area contributed by atoms with Crippen molar-refractivity contribution in [3.8, 4) is 5.75 Å². The second kappa shape index (κ2) is 12.6. The zero-order valence-corrected chi connectivity index (χ0v) is 22.7. The van der Waals surface area contributed by atoms with Crippen molar-refractivity contribution in [2.45, 2.75) is 63.8 Å². The Morgan fingerprint density at radius 2 is 1.62 bits per heavy atom. The first-order chi connectivity index (χ1) is 19.5. The summed E-state index contributed by atoms with van der Waals surface area (Å²) in [4.78, 5) is 27.9. The van der Waals surface area contributed by atoms with Crippen molar-refractivity contribution < 1.29 is 19.1 Å². The number of nitrogens with one attached hydrogen (secondary N) is 2. The molecule has 2 fully saturated rings. The largest absolute Gasteiger partial charge is 0.486 e. The maximum absolute atomic E-state index is 13.7. The Balaban J connectivity index is 1.20. The van der Waals surface area contributed by atoms with E-state index in [-0.39, 0.29) is 30.7 Å². The van der Waals surface area contributed by atoms with Crippen LogP contribution in [0.5, 0.6) is 5.75 Å². The van der Waals surface area contributed by atoms with Crippen molar-refractivity contribution in [3.05, 3.63) is 113 Å². The number of carbonyl (C=O) groups excluding carboxylic acids is 2. The fourth-order valence-electron chi connectivity index (χ4n) is 5.05. The SMILES string of the molecule is C[C@@H](Oc1ccc(C(=O)N(C2CC2)C2CCC(=N)/C(=C\NC(=O)OCc3ccccc3)C2)cc1)c1ccccc1. The molecule has 2 aliphatic rings. The highest BCUT2D eigenvalue weighted by molar-refractivity contribution is 5.99. The van der Waals surface area contributed by atoms with Gasteiger partial charge in [0.25, 0.3) is 5.91 Å². The topological polar surface area (TPSA) is 91.7 Å². The van der Waals surface area contributed by atoms with Gasteiger partial charge in [0.2, 0.25) is 0 Å². The Hall–Kier alpha value is -4.39. The van der Waals surface area contributed by atoms with E-state index >= 15 is 0 Å². The predicted molar refractivity (Wildman–Crippen MR) is 154 cm³/mol. The molecule has 0 aliphatic heterocycles. The lowest BCUT2D eigenvalue weighted by molar-refractivity contribution is 0.0647. The van der Waals surface area contributed by atoms with Gasteiger partial charge in [0.1, 0.15) is 18.5 Å². The molecule has 0 radical (unpaired) electrons. The molecule has 2 N–H and O–H groups in total. The Morgan fingerprint density at radius 3 is 2.30 bits per heavy atom. The van der Waals surface area contributed by atoms with Crippen LogP contribution in [0.3, 0.4) is 0 Å². The number of amides is 2. The zero-order valence-electron chi connectivity index (χ0n) is 22.7. The number of carbonyl (C=O) groups is 2. The maximum atomic E-state index is 13.7. The van der Waals surface area contributed by atoms with Crippen LogP contribution in [0.4, 0.5) is 4.79 Å². The van der Waals surface area contributed by atoms with E-state index in [1.807, 2.05) is 96.8 Å². The molecule has 0 saturated heterocycles. The first-order valence-electron chi connectivity index (χ1n) is 13.9. The highest BCUT2D eigenvalue weighted by atomic mass is 16.5. The number of benzene rings is 3. The molecule has 7 nitrogen and oxygen atoms in total. The van der Waals surface area contributed by atoms with Gasteiger partial charge in [-0.2, -0.15) is 0 Å². The Kier molecular flexibility index (Phi) is 8.59. The number of hydrogen-bond acceptors (Lipinski definition) is 5. The summed E-state index contributed by atoms with van der Waals surface area (Å²) in [5.41, 5.74) is 3.83. The molecule has 2 amide bonds. The minimum atomic E-state index is -0.565. The molecule has 0 heterocycles. The first kappa shape index (κ1) is 27.2. The average Bonchev–Trinajstić information content (AvgIpc) is 3.83.